The Bertz CT molecular complexity index is 360. The minimum Gasteiger partial charge on any atom is -0.316 e. The molecule has 1 aliphatic rings. The molecular formula is C12H14FNO. The second-order valence-electron chi connectivity index (χ2n) is 4.11. The smallest absolute Gasteiger partial charge is 0.167 e. The van der Waals surface area contributed by atoms with Crippen molar-refractivity contribution in [2.75, 3.05) is 13.1 Å². The van der Waals surface area contributed by atoms with Crippen LogP contribution < -0.4 is 5.32 Å². The Kier molecular flexibility index (Phi) is 2.82. The van der Waals surface area contributed by atoms with Gasteiger partial charge in [-0.1, -0.05) is 6.92 Å². The van der Waals surface area contributed by atoms with Crippen LogP contribution in [0.1, 0.15) is 17.3 Å². The van der Waals surface area contributed by atoms with Gasteiger partial charge in [-0.05, 0) is 36.7 Å². The predicted molar refractivity (Wildman–Crippen MR) is 56.3 cm³/mol. The number of carbonyl (C=O) groups is 1. The normalized spacial score (nSPS) is 25.5. The van der Waals surface area contributed by atoms with Crippen molar-refractivity contribution >= 4 is 5.78 Å². The van der Waals surface area contributed by atoms with Gasteiger partial charge in [0.25, 0.3) is 0 Å². The number of Topliss-reactive ketones (excluding diaryl/α,β-unsaturated/α-hetero) is 1. The molecule has 0 amide bonds. The Morgan fingerprint density at radius 3 is 2.53 bits per heavy atom. The Labute approximate surface area is 88.5 Å². The van der Waals surface area contributed by atoms with E-state index >= 15 is 0 Å². The topological polar surface area (TPSA) is 29.1 Å². The van der Waals surface area contributed by atoms with Crippen molar-refractivity contribution in [3.8, 4) is 0 Å². The maximum atomic E-state index is 12.7. The molecule has 1 N–H and O–H groups in total. The Morgan fingerprint density at radius 1 is 1.33 bits per heavy atom. The summed E-state index contributed by atoms with van der Waals surface area (Å²) in [6.45, 7) is 3.68. The number of halogens is 1. The SMILES string of the molecule is CC1CNCC1C(=O)c1ccc(F)cc1. The van der Waals surface area contributed by atoms with Crippen LogP contribution in [0.25, 0.3) is 0 Å². The predicted octanol–water partition coefficient (Wildman–Crippen LogP) is 1.86. The minimum atomic E-state index is -0.302. The van der Waals surface area contributed by atoms with Crippen LogP contribution in [0.4, 0.5) is 4.39 Å². The fourth-order valence-electron chi connectivity index (χ4n) is 1.99. The van der Waals surface area contributed by atoms with E-state index in [2.05, 4.69) is 12.2 Å². The quantitative estimate of drug-likeness (QED) is 0.750. The Morgan fingerprint density at radius 2 is 2.00 bits per heavy atom. The first kappa shape index (κ1) is 10.3. The summed E-state index contributed by atoms with van der Waals surface area (Å²) in [6, 6.07) is 5.78. The molecule has 0 radical (unpaired) electrons. The van der Waals surface area contributed by atoms with Crippen molar-refractivity contribution in [3.63, 3.8) is 0 Å². The third kappa shape index (κ3) is 2.07. The van der Waals surface area contributed by atoms with Crippen LogP contribution in [0, 0.1) is 17.7 Å². The molecule has 1 aliphatic heterocycles. The molecule has 0 aromatic heterocycles. The third-order valence-corrected chi connectivity index (χ3v) is 2.98. The molecule has 1 aromatic rings. The van der Waals surface area contributed by atoms with E-state index in [1.165, 1.54) is 12.1 Å². The van der Waals surface area contributed by atoms with Crippen molar-refractivity contribution in [1.82, 2.24) is 5.32 Å². The van der Waals surface area contributed by atoms with Gasteiger partial charge in [0, 0.05) is 18.0 Å². The van der Waals surface area contributed by atoms with E-state index in [-0.39, 0.29) is 17.5 Å². The molecular weight excluding hydrogens is 193 g/mol. The summed E-state index contributed by atoms with van der Waals surface area (Å²) in [5.74, 6) is 0.217. The summed E-state index contributed by atoms with van der Waals surface area (Å²) in [4.78, 5) is 12.0. The molecule has 0 aliphatic carbocycles. The molecule has 15 heavy (non-hydrogen) atoms. The fraction of sp³-hybridized carbons (Fsp3) is 0.417. The third-order valence-electron chi connectivity index (χ3n) is 2.98. The van der Waals surface area contributed by atoms with Gasteiger partial charge in [-0.15, -0.1) is 0 Å². The molecule has 0 spiro atoms. The van der Waals surface area contributed by atoms with Gasteiger partial charge in [0.15, 0.2) is 5.78 Å². The average Bonchev–Trinajstić information content (AvgIpc) is 2.65. The van der Waals surface area contributed by atoms with E-state index in [1.54, 1.807) is 12.1 Å². The number of carbonyl (C=O) groups excluding carboxylic acids is 1. The molecule has 0 saturated carbocycles. The van der Waals surface area contributed by atoms with Gasteiger partial charge in [-0.3, -0.25) is 4.79 Å². The largest absolute Gasteiger partial charge is 0.316 e. The first-order valence-corrected chi connectivity index (χ1v) is 5.19. The molecule has 2 nitrogen and oxygen atoms in total. The zero-order valence-electron chi connectivity index (χ0n) is 8.66. The summed E-state index contributed by atoms with van der Waals surface area (Å²) < 4.78 is 12.7. The first-order chi connectivity index (χ1) is 7.18. The molecule has 2 unspecified atom stereocenters. The summed E-state index contributed by atoms with van der Waals surface area (Å²) in [6.07, 6.45) is 0. The molecule has 1 aromatic carbocycles. The standard InChI is InChI=1S/C12H14FNO/c1-8-6-14-7-11(8)12(15)9-2-4-10(13)5-3-9/h2-5,8,11,14H,6-7H2,1H3. The van der Waals surface area contributed by atoms with Crippen LogP contribution in [-0.2, 0) is 0 Å². The van der Waals surface area contributed by atoms with Gasteiger partial charge in [0.05, 0.1) is 0 Å². The highest BCUT2D eigenvalue weighted by molar-refractivity contribution is 5.98. The van der Waals surface area contributed by atoms with E-state index in [1.807, 2.05) is 0 Å². The summed E-state index contributed by atoms with van der Waals surface area (Å²) in [7, 11) is 0. The molecule has 3 heteroatoms. The van der Waals surface area contributed by atoms with Gasteiger partial charge < -0.3 is 5.32 Å². The maximum Gasteiger partial charge on any atom is 0.167 e. The summed E-state index contributed by atoms with van der Waals surface area (Å²) in [5.41, 5.74) is 0.608. The Hall–Kier alpha value is -1.22. The van der Waals surface area contributed by atoms with Gasteiger partial charge in [0.2, 0.25) is 0 Å². The van der Waals surface area contributed by atoms with E-state index in [9.17, 15) is 9.18 Å². The van der Waals surface area contributed by atoms with Gasteiger partial charge in [-0.2, -0.15) is 0 Å². The monoisotopic (exact) mass is 207 g/mol. The van der Waals surface area contributed by atoms with Crippen molar-refractivity contribution in [3.05, 3.63) is 35.6 Å². The number of benzene rings is 1. The average molecular weight is 207 g/mol. The number of nitrogens with one attached hydrogen (secondary N) is 1. The molecule has 1 fully saturated rings. The molecule has 80 valence electrons. The Balaban J connectivity index is 2.17. The molecule has 2 rings (SSSR count). The number of hydrogen-bond acceptors (Lipinski definition) is 2. The van der Waals surface area contributed by atoms with Gasteiger partial charge >= 0.3 is 0 Å². The molecule has 0 bridgehead atoms. The highest BCUT2D eigenvalue weighted by Crippen LogP contribution is 2.21. The van der Waals surface area contributed by atoms with Crippen molar-refractivity contribution < 1.29 is 9.18 Å². The first-order valence-electron chi connectivity index (χ1n) is 5.19. The number of hydrogen-bond donors (Lipinski definition) is 1. The van der Waals surface area contributed by atoms with Crippen LogP contribution in [0.2, 0.25) is 0 Å². The zero-order valence-corrected chi connectivity index (χ0v) is 8.66. The second kappa shape index (κ2) is 4.11. The lowest BCUT2D eigenvalue weighted by molar-refractivity contribution is 0.0907. The van der Waals surface area contributed by atoms with Gasteiger partial charge in [0.1, 0.15) is 5.82 Å². The van der Waals surface area contributed by atoms with E-state index in [0.717, 1.165) is 13.1 Å². The number of rotatable bonds is 2. The molecule has 1 saturated heterocycles. The van der Waals surface area contributed by atoms with Gasteiger partial charge in [-0.25, -0.2) is 4.39 Å². The van der Waals surface area contributed by atoms with Crippen LogP contribution in [0.3, 0.4) is 0 Å². The van der Waals surface area contributed by atoms with Crippen LogP contribution >= 0.6 is 0 Å². The number of ketones is 1. The van der Waals surface area contributed by atoms with Crippen molar-refractivity contribution in [2.24, 2.45) is 11.8 Å². The summed E-state index contributed by atoms with van der Waals surface area (Å²) >= 11 is 0. The lowest BCUT2D eigenvalue weighted by Crippen LogP contribution is -2.21. The van der Waals surface area contributed by atoms with Crippen LogP contribution in [-0.4, -0.2) is 18.9 Å². The minimum absolute atomic E-state index is 0.0375. The lowest BCUT2D eigenvalue weighted by atomic mass is 9.90. The van der Waals surface area contributed by atoms with E-state index in [0.29, 0.717) is 11.5 Å². The van der Waals surface area contributed by atoms with E-state index in [4.69, 9.17) is 0 Å². The zero-order chi connectivity index (χ0) is 10.8. The fourth-order valence-corrected chi connectivity index (χ4v) is 1.99. The second-order valence-corrected chi connectivity index (χ2v) is 4.11. The lowest BCUT2D eigenvalue weighted by Gasteiger charge is -2.12. The summed E-state index contributed by atoms with van der Waals surface area (Å²) in [5, 5.41) is 3.19. The maximum absolute atomic E-state index is 12.7. The highest BCUT2D eigenvalue weighted by atomic mass is 19.1. The van der Waals surface area contributed by atoms with E-state index < -0.39 is 0 Å². The van der Waals surface area contributed by atoms with Crippen molar-refractivity contribution in [1.29, 1.82) is 0 Å². The van der Waals surface area contributed by atoms with Crippen molar-refractivity contribution in [2.45, 2.75) is 6.92 Å². The molecule has 1 heterocycles. The van der Waals surface area contributed by atoms with Crippen LogP contribution in [0.5, 0.6) is 0 Å². The van der Waals surface area contributed by atoms with Crippen LogP contribution in [0.15, 0.2) is 24.3 Å². The molecule has 2 atom stereocenters. The highest BCUT2D eigenvalue weighted by Gasteiger charge is 2.29.